The first-order chi connectivity index (χ1) is 13.5. The standard InChI is InChI=1S/C20H23N5O2S/c1-14-13-28-19-18(14)22-16-5-7-24(8-9-25(16)20(19)27)17(26)12-23(2)11-15-4-3-6-21-10-15/h3-4,6,10,13H,5,7-9,11-12H2,1-2H3. The van der Waals surface area contributed by atoms with Crippen molar-refractivity contribution in [2.24, 2.45) is 0 Å². The van der Waals surface area contributed by atoms with Gasteiger partial charge in [0.15, 0.2) is 0 Å². The van der Waals surface area contributed by atoms with Gasteiger partial charge in [-0.1, -0.05) is 6.07 Å². The molecule has 4 rings (SSSR count). The van der Waals surface area contributed by atoms with Gasteiger partial charge in [-0.2, -0.15) is 0 Å². The van der Waals surface area contributed by atoms with Crippen LogP contribution in [0.1, 0.15) is 17.0 Å². The SMILES string of the molecule is Cc1csc2c(=O)n3c(nc12)CCN(C(=O)CN(C)Cc1cccnc1)CC3. The molecule has 0 radical (unpaired) electrons. The lowest BCUT2D eigenvalue weighted by Gasteiger charge is -2.23. The lowest BCUT2D eigenvalue weighted by molar-refractivity contribution is -0.132. The third-order valence-electron chi connectivity index (χ3n) is 5.07. The Hall–Kier alpha value is -2.58. The van der Waals surface area contributed by atoms with E-state index in [1.807, 2.05) is 47.5 Å². The van der Waals surface area contributed by atoms with Gasteiger partial charge in [-0.05, 0) is 36.5 Å². The summed E-state index contributed by atoms with van der Waals surface area (Å²) in [5.74, 6) is 0.850. The molecule has 3 aromatic rings. The second kappa shape index (κ2) is 7.81. The van der Waals surface area contributed by atoms with E-state index in [0.29, 0.717) is 43.8 Å². The van der Waals surface area contributed by atoms with Crippen LogP contribution in [0.15, 0.2) is 34.7 Å². The van der Waals surface area contributed by atoms with E-state index < -0.39 is 0 Å². The minimum atomic E-state index is 0.0149. The van der Waals surface area contributed by atoms with E-state index >= 15 is 0 Å². The maximum Gasteiger partial charge on any atom is 0.271 e. The van der Waals surface area contributed by atoms with Crippen LogP contribution in [0.2, 0.25) is 0 Å². The maximum absolute atomic E-state index is 12.8. The summed E-state index contributed by atoms with van der Waals surface area (Å²) in [6, 6.07) is 3.90. The molecule has 3 aromatic heterocycles. The highest BCUT2D eigenvalue weighted by atomic mass is 32.1. The number of hydrogen-bond donors (Lipinski definition) is 0. The van der Waals surface area contributed by atoms with Crippen LogP contribution in [0.4, 0.5) is 0 Å². The van der Waals surface area contributed by atoms with E-state index in [1.165, 1.54) is 11.3 Å². The monoisotopic (exact) mass is 397 g/mol. The molecule has 1 amide bonds. The predicted octanol–water partition coefficient (Wildman–Crippen LogP) is 1.68. The van der Waals surface area contributed by atoms with Crippen molar-refractivity contribution in [2.45, 2.75) is 26.4 Å². The lowest BCUT2D eigenvalue weighted by Crippen LogP contribution is -2.40. The highest BCUT2D eigenvalue weighted by Crippen LogP contribution is 2.21. The lowest BCUT2D eigenvalue weighted by atomic mass is 10.2. The molecule has 0 aliphatic carbocycles. The van der Waals surface area contributed by atoms with Crippen LogP contribution >= 0.6 is 11.3 Å². The van der Waals surface area contributed by atoms with Gasteiger partial charge in [0, 0.05) is 45.0 Å². The van der Waals surface area contributed by atoms with Crippen molar-refractivity contribution in [1.82, 2.24) is 24.3 Å². The fourth-order valence-corrected chi connectivity index (χ4v) is 4.52. The Morgan fingerprint density at radius 2 is 2.18 bits per heavy atom. The highest BCUT2D eigenvalue weighted by molar-refractivity contribution is 7.17. The van der Waals surface area contributed by atoms with Gasteiger partial charge in [-0.15, -0.1) is 11.3 Å². The smallest absolute Gasteiger partial charge is 0.271 e. The van der Waals surface area contributed by atoms with E-state index in [9.17, 15) is 9.59 Å². The van der Waals surface area contributed by atoms with Gasteiger partial charge in [-0.3, -0.25) is 24.0 Å². The van der Waals surface area contributed by atoms with E-state index in [0.717, 1.165) is 22.5 Å². The number of carbonyl (C=O) groups excluding carboxylic acids is 1. The summed E-state index contributed by atoms with van der Waals surface area (Å²) in [4.78, 5) is 38.3. The zero-order chi connectivity index (χ0) is 19.7. The number of thiophene rings is 1. The third-order valence-corrected chi connectivity index (χ3v) is 6.14. The van der Waals surface area contributed by atoms with Gasteiger partial charge in [0.1, 0.15) is 10.5 Å². The van der Waals surface area contributed by atoms with Crippen molar-refractivity contribution in [3.8, 4) is 0 Å². The van der Waals surface area contributed by atoms with Gasteiger partial charge in [0.05, 0.1) is 12.1 Å². The quantitative estimate of drug-likeness (QED) is 0.670. The molecule has 146 valence electrons. The first-order valence-electron chi connectivity index (χ1n) is 9.35. The molecule has 7 nitrogen and oxygen atoms in total. The van der Waals surface area contributed by atoms with Crippen molar-refractivity contribution < 1.29 is 4.79 Å². The summed E-state index contributed by atoms with van der Waals surface area (Å²) in [5, 5.41) is 1.98. The molecule has 8 heteroatoms. The van der Waals surface area contributed by atoms with Crippen LogP contribution in [0, 0.1) is 6.92 Å². The van der Waals surface area contributed by atoms with E-state index in [-0.39, 0.29) is 11.5 Å². The first kappa shape index (κ1) is 18.8. The number of nitrogens with zero attached hydrogens (tertiary/aromatic N) is 5. The first-order valence-corrected chi connectivity index (χ1v) is 10.2. The fraction of sp³-hybridized carbons (Fsp3) is 0.400. The molecule has 4 heterocycles. The van der Waals surface area contributed by atoms with E-state index in [1.54, 1.807) is 10.8 Å². The van der Waals surface area contributed by atoms with Crippen LogP contribution in [0.25, 0.3) is 10.2 Å². The number of aryl methyl sites for hydroxylation is 1. The van der Waals surface area contributed by atoms with Crippen LogP contribution in [0.5, 0.6) is 0 Å². The van der Waals surface area contributed by atoms with Gasteiger partial charge < -0.3 is 4.90 Å². The third kappa shape index (κ3) is 3.70. The molecule has 0 atom stereocenters. The number of likely N-dealkylation sites (N-methyl/N-ethyl adjacent to an activating group) is 1. The number of fused-ring (bicyclic) bond motifs is 2. The number of amides is 1. The number of aromatic nitrogens is 3. The number of rotatable bonds is 4. The molecule has 0 unspecified atom stereocenters. The van der Waals surface area contributed by atoms with Crippen molar-refractivity contribution in [1.29, 1.82) is 0 Å². The average Bonchev–Trinajstić information content (AvgIpc) is 2.91. The zero-order valence-electron chi connectivity index (χ0n) is 16.1. The average molecular weight is 398 g/mol. The summed E-state index contributed by atoms with van der Waals surface area (Å²) in [6.45, 7) is 4.59. The van der Waals surface area contributed by atoms with Crippen molar-refractivity contribution in [3.05, 3.63) is 57.2 Å². The Bertz CT molecular complexity index is 1060. The largest absolute Gasteiger partial charge is 0.339 e. The van der Waals surface area contributed by atoms with Gasteiger partial charge in [-0.25, -0.2) is 4.98 Å². The summed E-state index contributed by atoms with van der Waals surface area (Å²) in [7, 11) is 1.93. The predicted molar refractivity (Wildman–Crippen MR) is 109 cm³/mol. The van der Waals surface area contributed by atoms with Crippen LogP contribution in [0.3, 0.4) is 0 Å². The molecule has 0 saturated carbocycles. The van der Waals surface area contributed by atoms with Crippen LogP contribution in [-0.2, 0) is 24.3 Å². The number of pyridine rings is 1. The second-order valence-corrected chi connectivity index (χ2v) is 8.13. The van der Waals surface area contributed by atoms with Crippen LogP contribution < -0.4 is 5.56 Å². The Kier molecular flexibility index (Phi) is 5.23. The number of carbonyl (C=O) groups is 1. The van der Waals surface area contributed by atoms with E-state index in [2.05, 4.69) is 4.98 Å². The molecule has 0 aromatic carbocycles. The Labute approximate surface area is 167 Å². The van der Waals surface area contributed by atoms with Gasteiger partial charge in [0.2, 0.25) is 5.91 Å². The van der Waals surface area contributed by atoms with Crippen molar-refractivity contribution in [2.75, 3.05) is 26.7 Å². The summed E-state index contributed by atoms with van der Waals surface area (Å²) < 4.78 is 2.45. The zero-order valence-corrected chi connectivity index (χ0v) is 16.9. The molecule has 0 fully saturated rings. The van der Waals surface area contributed by atoms with Crippen LogP contribution in [-0.4, -0.2) is 56.9 Å². The minimum absolute atomic E-state index is 0.0149. The summed E-state index contributed by atoms with van der Waals surface area (Å²) >= 11 is 1.45. The fourth-order valence-electron chi connectivity index (χ4n) is 3.59. The molecule has 0 spiro atoms. The normalized spacial score (nSPS) is 14.3. The topological polar surface area (TPSA) is 71.3 Å². The molecule has 1 aliphatic heterocycles. The highest BCUT2D eigenvalue weighted by Gasteiger charge is 2.22. The van der Waals surface area contributed by atoms with Gasteiger partial charge in [0.25, 0.3) is 5.56 Å². The van der Waals surface area contributed by atoms with Crippen molar-refractivity contribution in [3.63, 3.8) is 0 Å². The Balaban J connectivity index is 1.45. The Morgan fingerprint density at radius 3 is 2.96 bits per heavy atom. The molecule has 28 heavy (non-hydrogen) atoms. The minimum Gasteiger partial charge on any atom is -0.339 e. The Morgan fingerprint density at radius 1 is 1.32 bits per heavy atom. The van der Waals surface area contributed by atoms with Gasteiger partial charge >= 0.3 is 0 Å². The number of hydrogen-bond acceptors (Lipinski definition) is 6. The summed E-state index contributed by atoms with van der Waals surface area (Å²) in [5.41, 5.74) is 2.93. The molecule has 0 N–H and O–H groups in total. The molecule has 1 aliphatic rings. The maximum atomic E-state index is 12.8. The van der Waals surface area contributed by atoms with E-state index in [4.69, 9.17) is 4.98 Å². The summed E-state index contributed by atoms with van der Waals surface area (Å²) in [6.07, 6.45) is 4.15. The molecule has 0 bridgehead atoms. The van der Waals surface area contributed by atoms with Crippen molar-refractivity contribution >= 4 is 27.5 Å². The molecular weight excluding hydrogens is 374 g/mol. The second-order valence-electron chi connectivity index (χ2n) is 7.25. The molecule has 0 saturated heterocycles. The molecular formula is C20H23N5O2S.